The smallest absolute Gasteiger partial charge is 0.307 e. The van der Waals surface area contributed by atoms with E-state index in [1.165, 1.54) is 5.56 Å². The molecule has 4 heteroatoms. The molecule has 1 N–H and O–H groups in total. The monoisotopic (exact) mass is 352 g/mol. The molecule has 2 aromatic rings. The van der Waals surface area contributed by atoms with E-state index in [0.717, 1.165) is 54.0 Å². The van der Waals surface area contributed by atoms with Gasteiger partial charge in [0.15, 0.2) is 0 Å². The van der Waals surface area contributed by atoms with Crippen LogP contribution in [0.25, 0.3) is 11.1 Å². The summed E-state index contributed by atoms with van der Waals surface area (Å²) in [6.45, 7) is 10.5. The first-order valence-corrected chi connectivity index (χ1v) is 9.29. The quantitative estimate of drug-likeness (QED) is 0.872. The topological polar surface area (TPSA) is 53.4 Å². The minimum Gasteiger partial charge on any atom is -0.481 e. The van der Waals surface area contributed by atoms with E-state index < -0.39 is 5.97 Å². The van der Waals surface area contributed by atoms with E-state index in [-0.39, 0.29) is 6.42 Å². The molecule has 1 aliphatic heterocycles. The molecule has 0 saturated carbocycles. The van der Waals surface area contributed by atoms with E-state index in [1.54, 1.807) is 0 Å². The van der Waals surface area contributed by atoms with Crippen LogP contribution in [0.5, 0.6) is 0 Å². The number of anilines is 1. The highest BCUT2D eigenvalue weighted by molar-refractivity contribution is 5.84. The fraction of sp³-hybridized carbons (Fsp3) is 0.455. The summed E-state index contributed by atoms with van der Waals surface area (Å²) in [5.74, 6) is -0.810. The van der Waals surface area contributed by atoms with Crippen LogP contribution in [0.1, 0.15) is 43.5 Å². The molecule has 1 fully saturated rings. The van der Waals surface area contributed by atoms with E-state index >= 15 is 0 Å². The molecule has 0 aliphatic carbocycles. The summed E-state index contributed by atoms with van der Waals surface area (Å²) in [6, 6.07) is 8.35. The van der Waals surface area contributed by atoms with Gasteiger partial charge in [0, 0.05) is 36.1 Å². The number of benzene rings is 1. The first kappa shape index (κ1) is 18.4. The van der Waals surface area contributed by atoms with Crippen LogP contribution in [-0.2, 0) is 11.2 Å². The van der Waals surface area contributed by atoms with Gasteiger partial charge >= 0.3 is 5.97 Å². The predicted octanol–water partition coefficient (Wildman–Crippen LogP) is 4.62. The molecule has 0 bridgehead atoms. The van der Waals surface area contributed by atoms with Gasteiger partial charge in [-0.05, 0) is 37.7 Å². The molecule has 1 saturated heterocycles. The minimum absolute atomic E-state index is 0.00765. The van der Waals surface area contributed by atoms with Gasteiger partial charge in [0.1, 0.15) is 0 Å². The van der Waals surface area contributed by atoms with Gasteiger partial charge in [-0.15, -0.1) is 0 Å². The zero-order valence-electron chi connectivity index (χ0n) is 16.2. The molecular formula is C22H28N2O2. The van der Waals surface area contributed by atoms with Crippen molar-refractivity contribution in [1.82, 2.24) is 4.98 Å². The van der Waals surface area contributed by atoms with Crippen LogP contribution in [0, 0.1) is 19.3 Å². The number of aromatic nitrogens is 1. The van der Waals surface area contributed by atoms with Gasteiger partial charge < -0.3 is 10.0 Å². The van der Waals surface area contributed by atoms with Gasteiger partial charge in [0.2, 0.25) is 0 Å². The Morgan fingerprint density at radius 3 is 2.54 bits per heavy atom. The number of nitrogens with zero attached hydrogens (tertiary/aromatic N) is 2. The number of rotatable bonds is 4. The number of aryl methyl sites for hydroxylation is 2. The molecule has 1 aromatic carbocycles. The number of carboxylic acid groups (broad SMARTS) is 1. The van der Waals surface area contributed by atoms with Crippen LogP contribution >= 0.6 is 0 Å². The maximum absolute atomic E-state index is 11.5. The summed E-state index contributed by atoms with van der Waals surface area (Å²) < 4.78 is 0. The third-order valence-corrected chi connectivity index (χ3v) is 5.46. The van der Waals surface area contributed by atoms with E-state index in [0.29, 0.717) is 5.41 Å². The minimum atomic E-state index is -0.810. The van der Waals surface area contributed by atoms with Crippen LogP contribution in [0.4, 0.5) is 5.69 Å². The Kier molecular flexibility index (Phi) is 5.03. The van der Waals surface area contributed by atoms with Crippen LogP contribution < -0.4 is 4.90 Å². The number of hydrogen-bond acceptors (Lipinski definition) is 3. The summed E-state index contributed by atoms with van der Waals surface area (Å²) in [6.07, 6.45) is 4.13. The first-order chi connectivity index (χ1) is 12.3. The summed E-state index contributed by atoms with van der Waals surface area (Å²) in [7, 11) is 0. The number of carbonyl (C=O) groups is 1. The third kappa shape index (κ3) is 3.90. The Labute approximate surface area is 155 Å². The van der Waals surface area contributed by atoms with Gasteiger partial charge in [-0.25, -0.2) is 0 Å². The molecule has 4 nitrogen and oxygen atoms in total. The highest BCUT2D eigenvalue weighted by Crippen LogP contribution is 2.39. The van der Waals surface area contributed by atoms with Crippen molar-refractivity contribution in [2.45, 2.75) is 47.0 Å². The third-order valence-electron chi connectivity index (χ3n) is 5.46. The lowest BCUT2D eigenvalue weighted by atomic mass is 9.82. The Morgan fingerprint density at radius 1 is 1.23 bits per heavy atom. The highest BCUT2D eigenvalue weighted by atomic mass is 16.4. The maximum atomic E-state index is 11.5. The van der Waals surface area contributed by atoms with Crippen molar-refractivity contribution in [1.29, 1.82) is 0 Å². The number of piperidine rings is 1. The van der Waals surface area contributed by atoms with Crippen molar-refractivity contribution in [3.05, 3.63) is 47.3 Å². The Hall–Kier alpha value is -2.36. The van der Waals surface area contributed by atoms with Crippen molar-refractivity contribution in [2.75, 3.05) is 18.0 Å². The van der Waals surface area contributed by atoms with Gasteiger partial charge in [-0.2, -0.15) is 0 Å². The number of aliphatic carboxylic acids is 1. The Morgan fingerprint density at radius 2 is 1.92 bits per heavy atom. The average molecular weight is 352 g/mol. The summed E-state index contributed by atoms with van der Waals surface area (Å²) >= 11 is 0. The van der Waals surface area contributed by atoms with Gasteiger partial charge in [-0.3, -0.25) is 9.78 Å². The zero-order chi connectivity index (χ0) is 18.9. The van der Waals surface area contributed by atoms with Gasteiger partial charge in [0.05, 0.1) is 12.1 Å². The van der Waals surface area contributed by atoms with Crippen molar-refractivity contribution >= 4 is 11.7 Å². The zero-order valence-corrected chi connectivity index (χ0v) is 16.2. The standard InChI is InChI=1S/C22H28N2O2/c1-15-6-5-7-17(12-15)19-14-23-16(2)18(13-20(25)26)21(19)24-10-8-22(3,4)9-11-24/h5-7,12,14H,8-11,13H2,1-4H3,(H,25,26). The van der Waals surface area contributed by atoms with Gasteiger partial charge in [0.25, 0.3) is 0 Å². The van der Waals surface area contributed by atoms with Crippen molar-refractivity contribution in [2.24, 2.45) is 5.41 Å². The van der Waals surface area contributed by atoms with Crippen molar-refractivity contribution < 1.29 is 9.90 Å². The molecule has 1 aliphatic rings. The molecule has 0 radical (unpaired) electrons. The molecule has 26 heavy (non-hydrogen) atoms. The summed E-state index contributed by atoms with van der Waals surface area (Å²) in [5.41, 5.74) is 6.38. The number of carboxylic acids is 1. The second-order valence-corrected chi connectivity index (χ2v) is 8.18. The first-order valence-electron chi connectivity index (χ1n) is 9.29. The molecule has 0 amide bonds. The van der Waals surface area contributed by atoms with Crippen LogP contribution in [0.15, 0.2) is 30.5 Å². The van der Waals surface area contributed by atoms with E-state index in [4.69, 9.17) is 0 Å². The number of hydrogen-bond donors (Lipinski definition) is 1. The second kappa shape index (κ2) is 7.10. The second-order valence-electron chi connectivity index (χ2n) is 8.18. The summed E-state index contributed by atoms with van der Waals surface area (Å²) in [5, 5.41) is 9.46. The summed E-state index contributed by atoms with van der Waals surface area (Å²) in [4.78, 5) is 18.4. The SMILES string of the molecule is Cc1cccc(-c2cnc(C)c(CC(=O)O)c2N2CCC(C)(C)CC2)c1. The maximum Gasteiger partial charge on any atom is 0.307 e. The van der Waals surface area contributed by atoms with Crippen molar-refractivity contribution in [3.63, 3.8) is 0 Å². The lowest BCUT2D eigenvalue weighted by Crippen LogP contribution is -2.38. The molecule has 0 unspecified atom stereocenters. The lowest BCUT2D eigenvalue weighted by Gasteiger charge is -2.40. The normalized spacial score (nSPS) is 16.5. The average Bonchev–Trinajstić information content (AvgIpc) is 2.56. The molecule has 2 heterocycles. The highest BCUT2D eigenvalue weighted by Gasteiger charge is 2.29. The molecule has 0 atom stereocenters. The van der Waals surface area contributed by atoms with Gasteiger partial charge in [-0.1, -0.05) is 43.7 Å². The lowest BCUT2D eigenvalue weighted by molar-refractivity contribution is -0.136. The predicted molar refractivity (Wildman–Crippen MR) is 106 cm³/mol. The molecule has 1 aromatic heterocycles. The molecule has 138 valence electrons. The van der Waals surface area contributed by atoms with Crippen LogP contribution in [0.2, 0.25) is 0 Å². The Bertz CT molecular complexity index is 817. The van der Waals surface area contributed by atoms with E-state index in [9.17, 15) is 9.90 Å². The molecule has 0 spiro atoms. The van der Waals surface area contributed by atoms with Crippen LogP contribution in [0.3, 0.4) is 0 Å². The Balaban J connectivity index is 2.14. The van der Waals surface area contributed by atoms with E-state index in [2.05, 4.69) is 48.9 Å². The molecule has 3 rings (SSSR count). The fourth-order valence-electron chi connectivity index (χ4n) is 3.72. The molecular weight excluding hydrogens is 324 g/mol. The van der Waals surface area contributed by atoms with Crippen molar-refractivity contribution in [3.8, 4) is 11.1 Å². The largest absolute Gasteiger partial charge is 0.481 e. The van der Waals surface area contributed by atoms with Crippen LogP contribution in [-0.4, -0.2) is 29.1 Å². The van der Waals surface area contributed by atoms with E-state index in [1.807, 2.05) is 19.2 Å². The number of pyridine rings is 1. The fourth-order valence-corrected chi connectivity index (χ4v) is 3.72.